The van der Waals surface area contributed by atoms with Crippen LogP contribution in [0.3, 0.4) is 0 Å². The number of nitrogens with one attached hydrogen (secondary N) is 1. The molecule has 0 amide bonds. The average Bonchev–Trinajstić information content (AvgIpc) is 2.25. The molecule has 1 fully saturated rings. The Morgan fingerprint density at radius 1 is 1.40 bits per heavy atom. The van der Waals surface area contributed by atoms with Crippen molar-refractivity contribution in [2.75, 3.05) is 19.6 Å². The molecule has 0 aromatic heterocycles. The van der Waals surface area contributed by atoms with E-state index in [9.17, 15) is 0 Å². The molecule has 1 aliphatic rings. The van der Waals surface area contributed by atoms with Gasteiger partial charge in [0.2, 0.25) is 0 Å². The zero-order valence-electron chi connectivity index (χ0n) is 10.9. The summed E-state index contributed by atoms with van der Waals surface area (Å²) in [5, 5.41) is 3.65. The molecule has 0 aliphatic carbocycles. The zero-order chi connectivity index (χ0) is 11.3. The lowest BCUT2D eigenvalue weighted by Crippen LogP contribution is -2.47. The largest absolute Gasteiger partial charge is 0.313 e. The number of likely N-dealkylation sites (N-methyl/N-ethyl adjacent to an activating group) is 1. The minimum Gasteiger partial charge on any atom is -0.313 e. The van der Waals surface area contributed by atoms with E-state index in [2.05, 4.69) is 37.9 Å². The van der Waals surface area contributed by atoms with Crippen LogP contribution in [0.25, 0.3) is 0 Å². The molecule has 0 spiro atoms. The normalized spacial score (nSPS) is 29.4. The standard InChI is InChI=1S/C13H28N2/c1-5-12(4)15(6-2)10-13-9-11(3)7-8-14-13/h11-14H,5-10H2,1-4H3. The van der Waals surface area contributed by atoms with Gasteiger partial charge < -0.3 is 5.32 Å². The van der Waals surface area contributed by atoms with Crippen molar-refractivity contribution in [1.82, 2.24) is 10.2 Å². The summed E-state index contributed by atoms with van der Waals surface area (Å²) in [6.07, 6.45) is 3.97. The quantitative estimate of drug-likeness (QED) is 0.753. The fourth-order valence-electron chi connectivity index (χ4n) is 2.52. The van der Waals surface area contributed by atoms with Crippen molar-refractivity contribution in [1.29, 1.82) is 0 Å². The van der Waals surface area contributed by atoms with E-state index >= 15 is 0 Å². The Hall–Kier alpha value is -0.0800. The van der Waals surface area contributed by atoms with Gasteiger partial charge in [-0.1, -0.05) is 20.8 Å². The molecular weight excluding hydrogens is 184 g/mol. The van der Waals surface area contributed by atoms with Crippen LogP contribution in [0.4, 0.5) is 0 Å². The van der Waals surface area contributed by atoms with E-state index in [0.717, 1.165) is 18.0 Å². The summed E-state index contributed by atoms with van der Waals surface area (Å²) in [6, 6.07) is 1.46. The maximum absolute atomic E-state index is 3.65. The summed E-state index contributed by atoms with van der Waals surface area (Å²) in [4.78, 5) is 2.61. The van der Waals surface area contributed by atoms with E-state index in [0.29, 0.717) is 0 Å². The molecule has 1 rings (SSSR count). The van der Waals surface area contributed by atoms with Crippen LogP contribution in [0.2, 0.25) is 0 Å². The van der Waals surface area contributed by atoms with Gasteiger partial charge in [-0.25, -0.2) is 0 Å². The molecule has 2 heteroatoms. The van der Waals surface area contributed by atoms with Crippen molar-refractivity contribution in [2.24, 2.45) is 5.92 Å². The van der Waals surface area contributed by atoms with Gasteiger partial charge in [-0.05, 0) is 45.2 Å². The van der Waals surface area contributed by atoms with Gasteiger partial charge in [-0.3, -0.25) is 4.90 Å². The third-order valence-electron chi connectivity index (χ3n) is 3.83. The first-order valence-corrected chi connectivity index (χ1v) is 6.64. The first-order chi connectivity index (χ1) is 7.17. The lowest BCUT2D eigenvalue weighted by molar-refractivity contribution is 0.168. The van der Waals surface area contributed by atoms with Crippen LogP contribution in [0, 0.1) is 5.92 Å². The third kappa shape index (κ3) is 4.12. The van der Waals surface area contributed by atoms with Crippen LogP contribution in [0.5, 0.6) is 0 Å². The molecule has 1 aliphatic heterocycles. The maximum Gasteiger partial charge on any atom is 0.0197 e. The van der Waals surface area contributed by atoms with Gasteiger partial charge in [0.25, 0.3) is 0 Å². The Morgan fingerprint density at radius 3 is 2.67 bits per heavy atom. The maximum atomic E-state index is 3.65. The van der Waals surface area contributed by atoms with Crippen molar-refractivity contribution in [3.63, 3.8) is 0 Å². The monoisotopic (exact) mass is 212 g/mol. The number of hydrogen-bond acceptors (Lipinski definition) is 2. The van der Waals surface area contributed by atoms with Gasteiger partial charge in [0.05, 0.1) is 0 Å². The highest BCUT2D eigenvalue weighted by molar-refractivity contribution is 4.80. The Kier molecular flexibility index (Phi) is 5.62. The molecule has 1 saturated heterocycles. The van der Waals surface area contributed by atoms with Gasteiger partial charge in [-0.15, -0.1) is 0 Å². The van der Waals surface area contributed by atoms with Crippen LogP contribution >= 0.6 is 0 Å². The van der Waals surface area contributed by atoms with E-state index in [1.807, 2.05) is 0 Å². The van der Waals surface area contributed by atoms with E-state index in [1.54, 1.807) is 0 Å². The highest BCUT2D eigenvalue weighted by Gasteiger charge is 2.21. The van der Waals surface area contributed by atoms with Crippen LogP contribution in [-0.4, -0.2) is 36.6 Å². The summed E-state index contributed by atoms with van der Waals surface area (Å²) in [7, 11) is 0. The topological polar surface area (TPSA) is 15.3 Å². The van der Waals surface area contributed by atoms with Gasteiger partial charge in [0, 0.05) is 18.6 Å². The first-order valence-electron chi connectivity index (χ1n) is 6.64. The number of nitrogens with zero attached hydrogens (tertiary/aromatic N) is 1. The predicted molar refractivity (Wildman–Crippen MR) is 67.2 cm³/mol. The smallest absolute Gasteiger partial charge is 0.0197 e. The Morgan fingerprint density at radius 2 is 2.13 bits per heavy atom. The number of hydrogen-bond donors (Lipinski definition) is 1. The highest BCUT2D eigenvalue weighted by Crippen LogP contribution is 2.16. The van der Waals surface area contributed by atoms with E-state index in [4.69, 9.17) is 0 Å². The molecule has 0 bridgehead atoms. The fraction of sp³-hybridized carbons (Fsp3) is 1.00. The van der Waals surface area contributed by atoms with Gasteiger partial charge in [0.1, 0.15) is 0 Å². The lowest BCUT2D eigenvalue weighted by Gasteiger charge is -2.35. The van der Waals surface area contributed by atoms with Gasteiger partial charge in [0.15, 0.2) is 0 Å². The van der Waals surface area contributed by atoms with Crippen LogP contribution in [0.1, 0.15) is 47.0 Å². The number of piperidine rings is 1. The minimum atomic E-state index is 0.725. The summed E-state index contributed by atoms with van der Waals surface area (Å²) >= 11 is 0. The summed E-state index contributed by atoms with van der Waals surface area (Å²) in [6.45, 7) is 12.9. The molecule has 90 valence electrons. The molecular formula is C13H28N2. The highest BCUT2D eigenvalue weighted by atomic mass is 15.2. The Bertz CT molecular complexity index is 170. The second-order valence-electron chi connectivity index (χ2n) is 5.13. The van der Waals surface area contributed by atoms with Crippen LogP contribution < -0.4 is 5.32 Å². The molecule has 0 aromatic rings. The molecule has 3 unspecified atom stereocenters. The predicted octanol–water partition coefficient (Wildman–Crippen LogP) is 2.49. The van der Waals surface area contributed by atoms with Gasteiger partial charge >= 0.3 is 0 Å². The number of rotatable bonds is 5. The van der Waals surface area contributed by atoms with Crippen molar-refractivity contribution in [2.45, 2.75) is 59.0 Å². The molecule has 0 saturated carbocycles. The SMILES string of the molecule is CCC(C)N(CC)CC1CC(C)CCN1. The van der Waals surface area contributed by atoms with Crippen LogP contribution in [-0.2, 0) is 0 Å². The van der Waals surface area contributed by atoms with Crippen molar-refractivity contribution < 1.29 is 0 Å². The molecule has 0 aromatic carbocycles. The molecule has 15 heavy (non-hydrogen) atoms. The third-order valence-corrected chi connectivity index (χ3v) is 3.83. The molecule has 1 N–H and O–H groups in total. The second kappa shape index (κ2) is 6.49. The van der Waals surface area contributed by atoms with E-state index < -0.39 is 0 Å². The molecule has 2 nitrogen and oxygen atoms in total. The van der Waals surface area contributed by atoms with E-state index in [1.165, 1.54) is 38.9 Å². The van der Waals surface area contributed by atoms with Crippen molar-refractivity contribution >= 4 is 0 Å². The summed E-state index contributed by atoms with van der Waals surface area (Å²) < 4.78 is 0. The molecule has 1 heterocycles. The summed E-state index contributed by atoms with van der Waals surface area (Å²) in [5.74, 6) is 0.909. The Labute approximate surface area is 95.4 Å². The molecule has 0 radical (unpaired) electrons. The van der Waals surface area contributed by atoms with Gasteiger partial charge in [-0.2, -0.15) is 0 Å². The fourth-order valence-corrected chi connectivity index (χ4v) is 2.52. The van der Waals surface area contributed by atoms with Crippen LogP contribution in [0.15, 0.2) is 0 Å². The van der Waals surface area contributed by atoms with Crippen molar-refractivity contribution in [3.8, 4) is 0 Å². The zero-order valence-corrected chi connectivity index (χ0v) is 10.9. The minimum absolute atomic E-state index is 0.725. The second-order valence-corrected chi connectivity index (χ2v) is 5.13. The summed E-state index contributed by atoms with van der Waals surface area (Å²) in [5.41, 5.74) is 0. The average molecular weight is 212 g/mol. The van der Waals surface area contributed by atoms with Crippen molar-refractivity contribution in [3.05, 3.63) is 0 Å². The first kappa shape index (κ1) is 13.0. The Balaban J connectivity index is 2.36. The van der Waals surface area contributed by atoms with E-state index in [-0.39, 0.29) is 0 Å². The molecule has 3 atom stereocenters. The lowest BCUT2D eigenvalue weighted by atomic mass is 9.94.